The van der Waals surface area contributed by atoms with Gasteiger partial charge in [0.15, 0.2) is 5.78 Å². The highest BCUT2D eigenvalue weighted by Gasteiger charge is 2.26. The number of fused-ring (bicyclic) bond motifs is 1. The summed E-state index contributed by atoms with van der Waals surface area (Å²) in [7, 11) is 0. The predicted molar refractivity (Wildman–Crippen MR) is 122 cm³/mol. The summed E-state index contributed by atoms with van der Waals surface area (Å²) >= 11 is 19.3. The number of anilines is 1. The normalized spacial score (nSPS) is 15.1. The Kier molecular flexibility index (Phi) is 7.38. The summed E-state index contributed by atoms with van der Waals surface area (Å²) in [6.45, 7) is 3.12. The average Bonchev–Trinajstić information content (AvgIpc) is 3.02. The first kappa shape index (κ1) is 21.6. The second-order valence-corrected chi connectivity index (χ2v) is 10.0. The quantitative estimate of drug-likeness (QED) is 0.185. The Balaban J connectivity index is 1.79. The molecular weight excluding hydrogens is 433 g/mol. The summed E-state index contributed by atoms with van der Waals surface area (Å²) < 4.78 is -1.49. The first-order valence-electron chi connectivity index (χ1n) is 9.38. The number of hydrogen-bond acceptors (Lipinski definition) is 3. The SMILES string of the molecule is CCCCCCN1/C(=C/C(=O)c2ccc(C(Cl)(Cl)Cl)cc2)Sc2ccccc21. The van der Waals surface area contributed by atoms with Gasteiger partial charge in [-0.15, -0.1) is 0 Å². The number of nitrogens with zero attached hydrogens (tertiary/aromatic N) is 1. The lowest BCUT2D eigenvalue weighted by Crippen LogP contribution is -2.19. The van der Waals surface area contributed by atoms with Crippen LogP contribution in [-0.4, -0.2) is 12.3 Å². The van der Waals surface area contributed by atoms with Crippen molar-refractivity contribution in [3.8, 4) is 0 Å². The van der Waals surface area contributed by atoms with Crippen LogP contribution in [0.5, 0.6) is 0 Å². The molecule has 0 bridgehead atoms. The largest absolute Gasteiger partial charge is 0.335 e. The molecule has 2 nitrogen and oxygen atoms in total. The Morgan fingerprint density at radius 3 is 2.43 bits per heavy atom. The standard InChI is InChI=1S/C22H22Cl3NOS/c1-2-3-4-7-14-26-18-8-5-6-9-20(18)28-21(26)15-19(27)16-10-12-17(13-11-16)22(23,24)25/h5-6,8-13,15H,2-4,7,14H2,1H3/b21-15-. The first-order chi connectivity index (χ1) is 13.4. The molecule has 0 spiro atoms. The monoisotopic (exact) mass is 453 g/mol. The van der Waals surface area contributed by atoms with Gasteiger partial charge in [-0.3, -0.25) is 4.79 Å². The Bertz CT molecular complexity index is 859. The zero-order chi connectivity index (χ0) is 20.1. The van der Waals surface area contributed by atoms with Crippen LogP contribution in [0.2, 0.25) is 0 Å². The fourth-order valence-electron chi connectivity index (χ4n) is 3.11. The molecule has 2 aromatic carbocycles. The molecule has 0 radical (unpaired) electrons. The predicted octanol–water partition coefficient (Wildman–Crippen LogP) is 7.73. The third-order valence-corrected chi connectivity index (χ3v) is 6.39. The van der Waals surface area contributed by atoms with E-state index in [0.717, 1.165) is 18.0 Å². The van der Waals surface area contributed by atoms with Crippen LogP contribution in [0.3, 0.4) is 0 Å². The van der Waals surface area contributed by atoms with Crippen molar-refractivity contribution in [2.45, 2.75) is 41.3 Å². The minimum atomic E-state index is -1.49. The van der Waals surface area contributed by atoms with E-state index in [1.54, 1.807) is 42.1 Å². The van der Waals surface area contributed by atoms with Crippen LogP contribution in [-0.2, 0) is 3.79 Å². The van der Waals surface area contributed by atoms with Crippen molar-refractivity contribution in [3.05, 3.63) is 70.8 Å². The summed E-state index contributed by atoms with van der Waals surface area (Å²) in [5.41, 5.74) is 2.30. The Labute approximate surface area is 185 Å². The van der Waals surface area contributed by atoms with Crippen molar-refractivity contribution in [2.75, 3.05) is 11.4 Å². The summed E-state index contributed by atoms with van der Waals surface area (Å²) in [5.74, 6) is -0.0512. The molecule has 0 aromatic heterocycles. The molecule has 0 unspecified atom stereocenters. The topological polar surface area (TPSA) is 20.3 Å². The number of halogens is 3. The van der Waals surface area contributed by atoms with Crippen molar-refractivity contribution in [1.82, 2.24) is 0 Å². The van der Waals surface area contributed by atoms with Gasteiger partial charge in [-0.25, -0.2) is 0 Å². The van der Waals surface area contributed by atoms with Crippen LogP contribution < -0.4 is 4.90 Å². The van der Waals surface area contributed by atoms with Crippen LogP contribution in [0, 0.1) is 0 Å². The summed E-state index contributed by atoms with van der Waals surface area (Å²) in [4.78, 5) is 16.3. The van der Waals surface area contributed by atoms with Crippen molar-refractivity contribution < 1.29 is 4.79 Å². The number of alkyl halides is 3. The molecule has 6 heteroatoms. The minimum absolute atomic E-state index is 0.0512. The molecule has 148 valence electrons. The smallest absolute Gasteiger partial charge is 0.216 e. The van der Waals surface area contributed by atoms with Gasteiger partial charge in [0.25, 0.3) is 0 Å². The summed E-state index contributed by atoms with van der Waals surface area (Å²) in [6, 6.07) is 15.0. The van der Waals surface area contributed by atoms with Gasteiger partial charge in [0.2, 0.25) is 3.79 Å². The third kappa shape index (κ3) is 5.27. The van der Waals surface area contributed by atoms with Crippen LogP contribution >= 0.6 is 46.6 Å². The van der Waals surface area contributed by atoms with Gasteiger partial charge >= 0.3 is 0 Å². The van der Waals surface area contributed by atoms with Gasteiger partial charge < -0.3 is 4.90 Å². The van der Waals surface area contributed by atoms with Crippen molar-refractivity contribution >= 4 is 58.0 Å². The van der Waals surface area contributed by atoms with E-state index >= 15 is 0 Å². The van der Waals surface area contributed by atoms with Crippen LogP contribution in [0.25, 0.3) is 0 Å². The van der Waals surface area contributed by atoms with Gasteiger partial charge in [0.05, 0.1) is 10.7 Å². The lowest BCUT2D eigenvalue weighted by atomic mass is 10.1. The number of allylic oxidation sites excluding steroid dienone is 1. The number of para-hydroxylation sites is 1. The molecule has 0 saturated heterocycles. The Morgan fingerprint density at radius 2 is 1.75 bits per heavy atom. The molecule has 0 saturated carbocycles. The highest BCUT2D eigenvalue weighted by Crippen LogP contribution is 2.46. The van der Waals surface area contributed by atoms with E-state index in [2.05, 4.69) is 24.0 Å². The maximum atomic E-state index is 12.8. The molecule has 28 heavy (non-hydrogen) atoms. The number of ketones is 1. The van der Waals surface area contributed by atoms with Gasteiger partial charge in [0.1, 0.15) is 0 Å². The highest BCUT2D eigenvalue weighted by atomic mass is 35.6. The lowest BCUT2D eigenvalue weighted by Gasteiger charge is -2.20. The number of carbonyl (C=O) groups is 1. The molecule has 0 N–H and O–H groups in total. The van der Waals surface area contributed by atoms with Crippen molar-refractivity contribution in [3.63, 3.8) is 0 Å². The third-order valence-electron chi connectivity index (χ3n) is 4.62. The molecule has 3 rings (SSSR count). The summed E-state index contributed by atoms with van der Waals surface area (Å²) in [5, 5.41) is 0.966. The molecule has 0 atom stereocenters. The molecule has 1 aliphatic heterocycles. The van der Waals surface area contributed by atoms with E-state index in [0.29, 0.717) is 11.1 Å². The second-order valence-electron chi connectivity index (χ2n) is 6.70. The number of rotatable bonds is 7. The van der Waals surface area contributed by atoms with Gasteiger partial charge in [-0.1, -0.05) is 109 Å². The fraction of sp³-hybridized carbons (Fsp3) is 0.318. The number of carbonyl (C=O) groups excluding carboxylic acids is 1. The van der Waals surface area contributed by atoms with Gasteiger partial charge in [-0.2, -0.15) is 0 Å². The van der Waals surface area contributed by atoms with Crippen molar-refractivity contribution in [1.29, 1.82) is 0 Å². The van der Waals surface area contributed by atoms with Gasteiger partial charge in [-0.05, 0) is 18.6 Å². The van der Waals surface area contributed by atoms with Gasteiger partial charge in [0, 0.05) is 28.6 Å². The van der Waals surface area contributed by atoms with E-state index in [1.165, 1.54) is 29.8 Å². The summed E-state index contributed by atoms with van der Waals surface area (Å²) in [6.07, 6.45) is 6.45. The molecule has 2 aromatic rings. The van der Waals surface area contributed by atoms with E-state index in [9.17, 15) is 4.79 Å². The molecule has 1 aliphatic rings. The Hall–Kier alpha value is -1.13. The maximum absolute atomic E-state index is 12.8. The number of benzene rings is 2. The van der Waals surface area contributed by atoms with Crippen LogP contribution in [0.4, 0.5) is 5.69 Å². The average molecular weight is 455 g/mol. The minimum Gasteiger partial charge on any atom is -0.335 e. The first-order valence-corrected chi connectivity index (χ1v) is 11.3. The molecular formula is C22H22Cl3NOS. The zero-order valence-electron chi connectivity index (χ0n) is 15.6. The lowest BCUT2D eigenvalue weighted by molar-refractivity contribution is 0.104. The maximum Gasteiger partial charge on any atom is 0.216 e. The molecule has 0 fully saturated rings. The van der Waals surface area contributed by atoms with Crippen molar-refractivity contribution in [2.24, 2.45) is 0 Å². The van der Waals surface area contributed by atoms with E-state index in [4.69, 9.17) is 34.8 Å². The van der Waals surface area contributed by atoms with E-state index < -0.39 is 3.79 Å². The van der Waals surface area contributed by atoms with E-state index in [-0.39, 0.29) is 5.78 Å². The van der Waals surface area contributed by atoms with Crippen LogP contribution in [0.1, 0.15) is 48.5 Å². The van der Waals surface area contributed by atoms with E-state index in [1.807, 2.05) is 12.1 Å². The molecule has 1 heterocycles. The number of unbranched alkanes of at least 4 members (excludes halogenated alkanes) is 3. The number of thioether (sulfide) groups is 1. The molecule has 0 aliphatic carbocycles. The zero-order valence-corrected chi connectivity index (χ0v) is 18.7. The fourth-order valence-corrected chi connectivity index (χ4v) is 4.61. The van der Waals surface area contributed by atoms with Crippen LogP contribution in [0.15, 0.2) is 64.5 Å². The Morgan fingerprint density at radius 1 is 1.04 bits per heavy atom. The molecule has 0 amide bonds. The second kappa shape index (κ2) is 9.58. The number of hydrogen-bond donors (Lipinski definition) is 0. The highest BCUT2D eigenvalue weighted by molar-refractivity contribution is 8.03.